The predicted molar refractivity (Wildman–Crippen MR) is 120 cm³/mol. The third kappa shape index (κ3) is 2.82. The molecule has 152 valence electrons. The van der Waals surface area contributed by atoms with E-state index in [2.05, 4.69) is 47.8 Å². The van der Waals surface area contributed by atoms with Crippen molar-refractivity contribution in [3.63, 3.8) is 0 Å². The van der Waals surface area contributed by atoms with Gasteiger partial charge in [-0.3, -0.25) is 9.05 Å². The Balaban J connectivity index is 1.63. The number of para-hydroxylation sites is 3. The van der Waals surface area contributed by atoms with Crippen LogP contribution >= 0.6 is 11.6 Å². The van der Waals surface area contributed by atoms with E-state index in [9.17, 15) is 10.1 Å². The summed E-state index contributed by atoms with van der Waals surface area (Å²) in [6.07, 6.45) is 4.73. The molecule has 0 amide bonds. The van der Waals surface area contributed by atoms with E-state index in [0.29, 0.717) is 17.4 Å². The number of aromatic nitrogens is 2. The minimum absolute atomic E-state index is 0.109. The maximum absolute atomic E-state index is 12.9. The van der Waals surface area contributed by atoms with Crippen molar-refractivity contribution in [2.75, 3.05) is 13.6 Å². The van der Waals surface area contributed by atoms with Crippen LogP contribution in [-0.2, 0) is 0 Å². The van der Waals surface area contributed by atoms with Crippen LogP contribution in [-0.4, -0.2) is 34.7 Å². The van der Waals surface area contributed by atoms with E-state index in [4.69, 9.17) is 11.6 Å². The first-order chi connectivity index (χ1) is 14.5. The number of fused-ring (bicyclic) bond motifs is 2. The van der Waals surface area contributed by atoms with Crippen LogP contribution in [0.3, 0.4) is 0 Å². The van der Waals surface area contributed by atoms with E-state index in [-0.39, 0.29) is 29.2 Å². The Morgan fingerprint density at radius 2 is 2.00 bits per heavy atom. The monoisotopic (exact) mass is 420 g/mol. The minimum atomic E-state index is -0.382. The van der Waals surface area contributed by atoms with Crippen molar-refractivity contribution in [1.82, 2.24) is 19.4 Å². The van der Waals surface area contributed by atoms with Crippen LogP contribution in [0, 0.1) is 17.2 Å². The molecule has 7 heteroatoms. The topological polar surface area (TPSA) is 73.6 Å². The highest BCUT2D eigenvalue weighted by Gasteiger charge is 2.48. The van der Waals surface area contributed by atoms with E-state index in [1.807, 2.05) is 36.4 Å². The van der Waals surface area contributed by atoms with Gasteiger partial charge in [0.05, 0.1) is 35.5 Å². The lowest BCUT2D eigenvalue weighted by molar-refractivity contribution is 0.170. The van der Waals surface area contributed by atoms with E-state index in [0.717, 1.165) is 22.3 Å². The number of nitrogens with zero attached hydrogens (tertiary/aromatic N) is 3. The molecule has 0 radical (unpaired) electrons. The third-order valence-electron chi connectivity index (χ3n) is 6.61. The number of benzene rings is 2. The molecule has 5 unspecified atom stereocenters. The number of hydrogen-bond donors (Lipinski definition) is 2. The van der Waals surface area contributed by atoms with Gasteiger partial charge in [0.15, 0.2) is 6.04 Å². The van der Waals surface area contributed by atoms with Crippen molar-refractivity contribution in [2.24, 2.45) is 5.92 Å². The second-order valence-electron chi connectivity index (χ2n) is 8.26. The molecule has 3 heterocycles. The molecule has 3 aromatic rings. The average molecular weight is 421 g/mol. The Morgan fingerprint density at radius 1 is 1.23 bits per heavy atom. The van der Waals surface area contributed by atoms with Gasteiger partial charge in [-0.1, -0.05) is 24.3 Å². The first kappa shape index (κ1) is 19.1. The van der Waals surface area contributed by atoms with Gasteiger partial charge in [0, 0.05) is 24.3 Å². The van der Waals surface area contributed by atoms with Crippen molar-refractivity contribution < 1.29 is 0 Å². The normalized spacial score (nSPS) is 28.9. The summed E-state index contributed by atoms with van der Waals surface area (Å²) in [6, 6.07) is 17.8. The summed E-state index contributed by atoms with van der Waals surface area (Å²) >= 11 is 6.48. The van der Waals surface area contributed by atoms with Crippen LogP contribution in [0.25, 0.3) is 17.1 Å². The number of nitriles is 1. The molecule has 1 aromatic heterocycles. The molecule has 6 nitrogen and oxygen atoms in total. The second-order valence-corrected chi connectivity index (χ2v) is 8.78. The number of halogens is 1. The van der Waals surface area contributed by atoms with Gasteiger partial charge in [-0.05, 0) is 24.6 Å². The molecule has 2 aliphatic rings. The number of nitrogens with one attached hydrogen (secondary N) is 2. The summed E-state index contributed by atoms with van der Waals surface area (Å²) in [5.41, 5.74) is 3.46. The fourth-order valence-corrected chi connectivity index (χ4v) is 5.40. The van der Waals surface area contributed by atoms with Crippen molar-refractivity contribution in [3.8, 4) is 6.07 Å². The maximum atomic E-state index is 12.9. The fraction of sp³-hybridized carbons (Fsp3) is 0.304. The number of aromatic amines is 1. The summed E-state index contributed by atoms with van der Waals surface area (Å²) in [5.74, 6) is -0.109. The van der Waals surface area contributed by atoms with E-state index < -0.39 is 0 Å². The molecule has 5 atom stereocenters. The van der Waals surface area contributed by atoms with Crippen LogP contribution < -0.4 is 15.5 Å². The van der Waals surface area contributed by atoms with Gasteiger partial charge >= 0.3 is 5.69 Å². The molecule has 5 rings (SSSR count). The van der Waals surface area contributed by atoms with Crippen molar-refractivity contribution in [1.29, 1.82) is 5.26 Å². The Bertz CT molecular complexity index is 1240. The van der Waals surface area contributed by atoms with Gasteiger partial charge in [-0.15, -0.1) is 11.6 Å². The fourth-order valence-electron chi connectivity index (χ4n) is 5.13. The number of H-pyrrole nitrogens is 1. The predicted octanol–water partition coefficient (Wildman–Crippen LogP) is 3.56. The number of piperidine rings is 1. The Kier molecular flexibility index (Phi) is 4.55. The SMILES string of the molecule is C[N+]1(C(C#N)C2CNC(Cl)CC2n2c(=O)[nH]c3ccccc32)C=Cc2ccccc21. The lowest BCUT2D eigenvalue weighted by Crippen LogP contribution is -2.58. The molecule has 1 fully saturated rings. The van der Waals surface area contributed by atoms with Crippen molar-refractivity contribution in [2.45, 2.75) is 24.0 Å². The van der Waals surface area contributed by atoms with Crippen LogP contribution in [0.15, 0.2) is 59.5 Å². The van der Waals surface area contributed by atoms with Crippen LogP contribution in [0.4, 0.5) is 5.69 Å². The van der Waals surface area contributed by atoms with Crippen LogP contribution in [0.1, 0.15) is 18.0 Å². The summed E-state index contributed by atoms with van der Waals surface area (Å²) in [6.45, 7) is 0.562. The molecule has 2 aliphatic heterocycles. The van der Waals surface area contributed by atoms with Gasteiger partial charge in [-0.2, -0.15) is 5.26 Å². The molecule has 0 bridgehead atoms. The maximum Gasteiger partial charge on any atom is 0.326 e. The largest absolute Gasteiger partial charge is 0.326 e. The van der Waals surface area contributed by atoms with E-state index in [1.165, 1.54) is 0 Å². The molecule has 2 aromatic carbocycles. The Morgan fingerprint density at radius 3 is 2.83 bits per heavy atom. The van der Waals surface area contributed by atoms with Gasteiger partial charge in [0.1, 0.15) is 18.0 Å². The summed E-state index contributed by atoms with van der Waals surface area (Å²) in [4.78, 5) is 15.9. The molecule has 0 aliphatic carbocycles. The quantitative estimate of drug-likeness (QED) is 0.386. The zero-order chi connectivity index (χ0) is 20.9. The summed E-state index contributed by atoms with van der Waals surface area (Å²) < 4.78 is 2.19. The summed E-state index contributed by atoms with van der Waals surface area (Å²) in [7, 11) is 2.07. The molecule has 1 saturated heterocycles. The minimum Gasteiger partial charge on any atom is -0.306 e. The smallest absolute Gasteiger partial charge is 0.306 e. The number of quaternary nitrogens is 1. The first-order valence-corrected chi connectivity index (χ1v) is 10.6. The van der Waals surface area contributed by atoms with Crippen molar-refractivity contribution >= 4 is 34.4 Å². The van der Waals surface area contributed by atoms with E-state index in [1.54, 1.807) is 4.57 Å². The number of hydrogen-bond acceptors (Lipinski definition) is 3. The van der Waals surface area contributed by atoms with E-state index >= 15 is 0 Å². The van der Waals surface area contributed by atoms with Gasteiger partial charge in [-0.25, -0.2) is 4.79 Å². The number of rotatable bonds is 3. The van der Waals surface area contributed by atoms with Crippen LogP contribution in [0.5, 0.6) is 0 Å². The molecule has 0 saturated carbocycles. The van der Waals surface area contributed by atoms with Crippen LogP contribution in [0.2, 0.25) is 0 Å². The average Bonchev–Trinajstić information content (AvgIpc) is 3.27. The number of imidazole rings is 1. The standard InChI is InChI=1S/C23H22ClN5O/c1-29(11-10-15-6-2-5-9-20(15)29)21(13-25)16-14-26-22(24)12-19(16)28-18-8-4-3-7-17(18)27-23(28)30/h2-11,16,19,21-22,26H,12,14H2,1H3/p+1. The first-order valence-electron chi connectivity index (χ1n) is 10.1. The lowest BCUT2D eigenvalue weighted by Gasteiger charge is -2.42. The van der Waals surface area contributed by atoms with Gasteiger partial charge in [0.2, 0.25) is 0 Å². The highest BCUT2D eigenvalue weighted by molar-refractivity contribution is 6.20. The highest BCUT2D eigenvalue weighted by atomic mass is 35.5. The molecule has 0 spiro atoms. The van der Waals surface area contributed by atoms with Gasteiger partial charge in [0.25, 0.3) is 0 Å². The zero-order valence-electron chi connectivity index (χ0n) is 16.6. The number of alkyl halides is 1. The molecule has 2 N–H and O–H groups in total. The molecular weight excluding hydrogens is 398 g/mol. The highest BCUT2D eigenvalue weighted by Crippen LogP contribution is 2.42. The Labute approximate surface area is 179 Å². The third-order valence-corrected chi connectivity index (χ3v) is 6.94. The lowest BCUT2D eigenvalue weighted by atomic mass is 9.85. The summed E-state index contributed by atoms with van der Waals surface area (Å²) in [5, 5.41) is 13.7. The van der Waals surface area contributed by atoms with Crippen molar-refractivity contribution in [3.05, 3.63) is 70.8 Å². The van der Waals surface area contributed by atoms with Gasteiger partial charge < -0.3 is 10.3 Å². The second kappa shape index (κ2) is 7.13. The Hall–Kier alpha value is -2.85. The molecule has 30 heavy (non-hydrogen) atoms. The molecular formula is C23H23ClN5O+. The zero-order valence-corrected chi connectivity index (χ0v) is 17.4.